The molecule has 0 aliphatic carbocycles. The van der Waals surface area contributed by atoms with Crippen molar-refractivity contribution < 1.29 is 18.9 Å². The van der Waals surface area contributed by atoms with Crippen molar-refractivity contribution in [1.29, 1.82) is 0 Å². The number of hydrogen-bond donors (Lipinski definition) is 0. The third-order valence-electron chi connectivity index (χ3n) is 10.9. The number of nitrogens with zero attached hydrogens (tertiary/aromatic N) is 4. The lowest BCUT2D eigenvalue weighted by Crippen LogP contribution is -2.50. The number of benzene rings is 5. The standard InChI is InChI=1S/C50H64N4O4/c1-3-56-33-34-57-35-36-58-50-25-19-43(20-26-50)37-48-42-53(40-47-21-23-49(55-2)24-22-47)30-29-51(38-44-13-7-4-8-14-44)27-28-52(39-45-15-9-5-10-16-45)31-32-54(48)41-46-17-11-6-12-18-46/h4-26,48H,3,27-42H2,1-2H3/t48-/m0/s1. The quantitative estimate of drug-likeness (QED) is 0.0781. The average molecular weight is 785 g/mol. The van der Waals surface area contributed by atoms with E-state index in [4.69, 9.17) is 18.9 Å². The molecular formula is C50H64N4O4. The van der Waals surface area contributed by atoms with Crippen LogP contribution < -0.4 is 9.47 Å². The van der Waals surface area contributed by atoms with Crippen LogP contribution in [0.4, 0.5) is 0 Å². The molecule has 8 heteroatoms. The lowest BCUT2D eigenvalue weighted by atomic mass is 10.0. The maximum Gasteiger partial charge on any atom is 0.119 e. The molecule has 1 aliphatic rings. The van der Waals surface area contributed by atoms with E-state index >= 15 is 0 Å². The summed E-state index contributed by atoms with van der Waals surface area (Å²) in [5.41, 5.74) is 6.68. The lowest BCUT2D eigenvalue weighted by molar-refractivity contribution is 0.0405. The molecule has 0 saturated carbocycles. The fraction of sp³-hybridized carbons (Fsp3) is 0.400. The van der Waals surface area contributed by atoms with E-state index in [9.17, 15) is 0 Å². The number of rotatable bonds is 19. The molecule has 5 aromatic rings. The maximum atomic E-state index is 6.06. The van der Waals surface area contributed by atoms with Gasteiger partial charge in [-0.15, -0.1) is 0 Å². The van der Waals surface area contributed by atoms with Gasteiger partial charge in [-0.05, 0) is 65.4 Å². The molecule has 0 N–H and O–H groups in total. The second-order valence-electron chi connectivity index (χ2n) is 15.2. The van der Waals surface area contributed by atoms with E-state index < -0.39 is 0 Å². The van der Waals surface area contributed by atoms with Crippen LogP contribution in [0.5, 0.6) is 11.5 Å². The Morgan fingerprint density at radius 3 is 1.47 bits per heavy atom. The van der Waals surface area contributed by atoms with Gasteiger partial charge in [0.15, 0.2) is 0 Å². The highest BCUT2D eigenvalue weighted by Gasteiger charge is 2.25. The predicted molar refractivity (Wildman–Crippen MR) is 235 cm³/mol. The number of ether oxygens (including phenoxy) is 4. The molecule has 0 radical (unpaired) electrons. The Labute approximate surface area is 347 Å². The average Bonchev–Trinajstić information content (AvgIpc) is 3.26. The highest BCUT2D eigenvalue weighted by Crippen LogP contribution is 2.21. The van der Waals surface area contributed by atoms with Crippen LogP contribution >= 0.6 is 0 Å². The van der Waals surface area contributed by atoms with Crippen LogP contribution in [-0.2, 0) is 42.1 Å². The third kappa shape index (κ3) is 15.0. The van der Waals surface area contributed by atoms with Crippen molar-refractivity contribution in [2.45, 2.75) is 45.6 Å². The van der Waals surface area contributed by atoms with E-state index in [1.54, 1.807) is 7.11 Å². The van der Waals surface area contributed by atoms with E-state index in [2.05, 4.69) is 159 Å². The molecule has 5 aromatic carbocycles. The van der Waals surface area contributed by atoms with Gasteiger partial charge in [-0.2, -0.15) is 0 Å². The highest BCUT2D eigenvalue weighted by molar-refractivity contribution is 5.29. The van der Waals surface area contributed by atoms with Crippen LogP contribution in [0.25, 0.3) is 0 Å². The van der Waals surface area contributed by atoms with E-state index in [-0.39, 0.29) is 6.04 Å². The molecule has 1 atom stereocenters. The minimum Gasteiger partial charge on any atom is -0.497 e. The Morgan fingerprint density at radius 1 is 0.448 bits per heavy atom. The summed E-state index contributed by atoms with van der Waals surface area (Å²) in [4.78, 5) is 10.8. The minimum atomic E-state index is 0.268. The second-order valence-corrected chi connectivity index (χ2v) is 15.2. The summed E-state index contributed by atoms with van der Waals surface area (Å²) in [5, 5.41) is 0. The smallest absolute Gasteiger partial charge is 0.119 e. The molecular weight excluding hydrogens is 721 g/mol. The first kappa shape index (κ1) is 43.0. The summed E-state index contributed by atoms with van der Waals surface area (Å²) in [6.45, 7) is 15.4. The van der Waals surface area contributed by atoms with Crippen molar-refractivity contribution >= 4 is 0 Å². The minimum absolute atomic E-state index is 0.268. The van der Waals surface area contributed by atoms with Gasteiger partial charge in [-0.25, -0.2) is 0 Å². The third-order valence-corrected chi connectivity index (χ3v) is 10.9. The molecule has 0 unspecified atom stereocenters. The van der Waals surface area contributed by atoms with Crippen molar-refractivity contribution in [1.82, 2.24) is 19.6 Å². The highest BCUT2D eigenvalue weighted by atomic mass is 16.5. The summed E-state index contributed by atoms with van der Waals surface area (Å²) in [6.07, 6.45) is 0.930. The van der Waals surface area contributed by atoms with Crippen LogP contribution in [0.3, 0.4) is 0 Å². The Bertz CT molecular complexity index is 1810. The monoisotopic (exact) mass is 784 g/mol. The predicted octanol–water partition coefficient (Wildman–Crippen LogP) is 8.06. The molecule has 0 amide bonds. The Balaban J connectivity index is 1.27. The van der Waals surface area contributed by atoms with Gasteiger partial charge in [0.05, 0.1) is 26.9 Å². The SMILES string of the molecule is CCOCCOCCOc1ccc(C[C@H]2CN(Cc3ccc(OC)cc3)CCN(Cc3ccccc3)CCN(Cc3ccccc3)CCN2Cc2ccccc2)cc1. The zero-order valence-corrected chi connectivity index (χ0v) is 34.8. The largest absolute Gasteiger partial charge is 0.497 e. The van der Waals surface area contributed by atoms with Crippen LogP contribution in [0.1, 0.15) is 34.7 Å². The molecule has 6 rings (SSSR count). The zero-order valence-electron chi connectivity index (χ0n) is 34.8. The molecule has 1 fully saturated rings. The summed E-state index contributed by atoms with van der Waals surface area (Å²) >= 11 is 0. The first-order valence-electron chi connectivity index (χ1n) is 21.2. The van der Waals surface area contributed by atoms with Gasteiger partial charge in [0, 0.05) is 84.6 Å². The first-order chi connectivity index (χ1) is 28.6. The van der Waals surface area contributed by atoms with Gasteiger partial charge < -0.3 is 18.9 Å². The number of hydrogen-bond acceptors (Lipinski definition) is 8. The number of methoxy groups -OCH3 is 1. The zero-order chi connectivity index (χ0) is 40.0. The fourth-order valence-electron chi connectivity index (χ4n) is 7.68. The van der Waals surface area contributed by atoms with Crippen LogP contribution in [0.2, 0.25) is 0 Å². The maximum absolute atomic E-state index is 6.06. The molecule has 1 aliphatic heterocycles. The first-order valence-corrected chi connectivity index (χ1v) is 21.2. The molecule has 308 valence electrons. The van der Waals surface area contributed by atoms with Crippen LogP contribution in [0, 0.1) is 0 Å². The molecule has 0 aromatic heterocycles. The fourth-order valence-corrected chi connectivity index (χ4v) is 7.68. The summed E-state index contributed by atoms with van der Waals surface area (Å²) in [7, 11) is 1.73. The van der Waals surface area contributed by atoms with Gasteiger partial charge in [0.1, 0.15) is 18.1 Å². The van der Waals surface area contributed by atoms with Gasteiger partial charge in [0.25, 0.3) is 0 Å². The van der Waals surface area contributed by atoms with Crippen molar-refractivity contribution in [2.24, 2.45) is 0 Å². The Morgan fingerprint density at radius 2 is 0.897 bits per heavy atom. The van der Waals surface area contributed by atoms with Gasteiger partial charge in [-0.1, -0.05) is 115 Å². The molecule has 1 saturated heterocycles. The Hall–Kier alpha value is -4.54. The normalized spacial score (nSPS) is 16.7. The molecule has 0 spiro atoms. The van der Waals surface area contributed by atoms with Gasteiger partial charge in [-0.3, -0.25) is 19.6 Å². The topological polar surface area (TPSA) is 49.9 Å². The van der Waals surface area contributed by atoms with Gasteiger partial charge in [0.2, 0.25) is 0 Å². The van der Waals surface area contributed by atoms with E-state index in [1.165, 1.54) is 27.8 Å². The Kier molecular flexibility index (Phi) is 18.1. The molecule has 0 bridgehead atoms. The van der Waals surface area contributed by atoms with E-state index in [1.807, 2.05) is 6.92 Å². The van der Waals surface area contributed by atoms with Crippen molar-refractivity contribution in [2.75, 3.05) is 86.0 Å². The van der Waals surface area contributed by atoms with E-state index in [0.717, 1.165) is 89.9 Å². The summed E-state index contributed by atoms with van der Waals surface area (Å²) < 4.78 is 22.6. The van der Waals surface area contributed by atoms with E-state index in [0.29, 0.717) is 33.0 Å². The van der Waals surface area contributed by atoms with Crippen molar-refractivity contribution in [3.63, 3.8) is 0 Å². The second kappa shape index (κ2) is 24.4. The van der Waals surface area contributed by atoms with Crippen LogP contribution in [-0.4, -0.2) is 112 Å². The summed E-state index contributed by atoms with van der Waals surface area (Å²) in [5.74, 6) is 1.76. The lowest BCUT2D eigenvalue weighted by Gasteiger charge is -2.39. The molecule has 58 heavy (non-hydrogen) atoms. The van der Waals surface area contributed by atoms with Crippen molar-refractivity contribution in [3.8, 4) is 11.5 Å². The molecule has 1 heterocycles. The van der Waals surface area contributed by atoms with Crippen LogP contribution in [0.15, 0.2) is 140 Å². The molecule has 8 nitrogen and oxygen atoms in total. The van der Waals surface area contributed by atoms with Gasteiger partial charge >= 0.3 is 0 Å². The summed E-state index contributed by atoms with van der Waals surface area (Å²) in [6, 6.07) is 50.6. The van der Waals surface area contributed by atoms with Crippen molar-refractivity contribution in [3.05, 3.63) is 167 Å².